The Bertz CT molecular complexity index is 1040. The van der Waals surface area contributed by atoms with Crippen LogP contribution in [0.2, 0.25) is 10.0 Å². The van der Waals surface area contributed by atoms with Gasteiger partial charge in [0.25, 0.3) is 0 Å². The van der Waals surface area contributed by atoms with E-state index in [-0.39, 0.29) is 29.8 Å². The van der Waals surface area contributed by atoms with Gasteiger partial charge < -0.3 is 9.64 Å². The summed E-state index contributed by atoms with van der Waals surface area (Å²) in [5, 5.41) is 0.984. The van der Waals surface area contributed by atoms with E-state index in [0.29, 0.717) is 36.2 Å². The van der Waals surface area contributed by atoms with Crippen LogP contribution < -0.4 is 4.74 Å². The Kier molecular flexibility index (Phi) is 5.75. The molecule has 1 amide bonds. The molecule has 0 N–H and O–H groups in total. The van der Waals surface area contributed by atoms with Gasteiger partial charge >= 0.3 is 0 Å². The first kappa shape index (κ1) is 20.5. The largest absolute Gasteiger partial charge is 0.492 e. The molecule has 9 heteroatoms. The maximum atomic E-state index is 12.9. The minimum atomic E-state index is -3.63. The number of carbonyl (C=O) groups is 1. The summed E-state index contributed by atoms with van der Waals surface area (Å²) in [4.78, 5) is 14.8. The van der Waals surface area contributed by atoms with Crippen LogP contribution in [0, 0.1) is 5.92 Å². The average Bonchev–Trinajstić information content (AvgIpc) is 2.72. The lowest BCUT2D eigenvalue weighted by molar-refractivity contribution is -0.138. The van der Waals surface area contributed by atoms with E-state index >= 15 is 0 Å². The van der Waals surface area contributed by atoms with Crippen LogP contribution in [0.15, 0.2) is 47.4 Å². The predicted molar refractivity (Wildman–Crippen MR) is 111 cm³/mol. The van der Waals surface area contributed by atoms with E-state index in [1.165, 1.54) is 16.4 Å². The number of ether oxygens (including phenoxy) is 1. The average molecular weight is 455 g/mol. The number of rotatable bonds is 3. The van der Waals surface area contributed by atoms with Gasteiger partial charge in [-0.1, -0.05) is 29.3 Å². The molecule has 2 aliphatic rings. The van der Waals surface area contributed by atoms with E-state index < -0.39 is 10.0 Å². The molecule has 1 saturated heterocycles. The zero-order chi connectivity index (χ0) is 20.6. The standard InChI is InChI=1S/C20H20Cl2N2O4S/c21-16-2-1-3-18(12-16)29(26,27)24-8-6-23(7-9-24)20(25)15-10-14-11-17(22)4-5-19(14)28-13-15/h1-5,11-12,15H,6-10,13H2/t15-/m0/s1. The summed E-state index contributed by atoms with van der Waals surface area (Å²) >= 11 is 12.0. The van der Waals surface area contributed by atoms with Gasteiger partial charge in [-0.15, -0.1) is 0 Å². The normalized spacial score (nSPS) is 20.1. The van der Waals surface area contributed by atoms with E-state index in [2.05, 4.69) is 0 Å². The zero-order valence-corrected chi connectivity index (χ0v) is 17.9. The highest BCUT2D eigenvalue weighted by Crippen LogP contribution is 2.31. The van der Waals surface area contributed by atoms with Crippen molar-refractivity contribution < 1.29 is 17.9 Å². The van der Waals surface area contributed by atoms with E-state index in [1.807, 2.05) is 12.1 Å². The van der Waals surface area contributed by atoms with Crippen molar-refractivity contribution >= 4 is 39.1 Å². The van der Waals surface area contributed by atoms with Crippen LogP contribution in [0.1, 0.15) is 5.56 Å². The molecule has 0 saturated carbocycles. The highest BCUT2D eigenvalue weighted by Gasteiger charge is 2.34. The molecular formula is C20H20Cl2N2O4S. The molecule has 1 atom stereocenters. The summed E-state index contributed by atoms with van der Waals surface area (Å²) in [6.07, 6.45) is 0.565. The lowest BCUT2D eigenvalue weighted by Gasteiger charge is -2.36. The van der Waals surface area contributed by atoms with Crippen molar-refractivity contribution in [3.63, 3.8) is 0 Å². The topological polar surface area (TPSA) is 66.9 Å². The van der Waals surface area contributed by atoms with Crippen molar-refractivity contribution in [3.05, 3.63) is 58.1 Å². The molecule has 4 rings (SSSR count). The molecule has 0 spiro atoms. The summed E-state index contributed by atoms with van der Waals surface area (Å²) in [6, 6.07) is 11.6. The van der Waals surface area contributed by atoms with Crippen molar-refractivity contribution in [2.24, 2.45) is 5.92 Å². The minimum Gasteiger partial charge on any atom is -0.492 e. The Hall–Kier alpha value is -1.80. The van der Waals surface area contributed by atoms with Gasteiger partial charge in [0.05, 0.1) is 10.8 Å². The Morgan fingerprint density at radius 1 is 1.00 bits per heavy atom. The Morgan fingerprint density at radius 2 is 1.72 bits per heavy atom. The molecule has 2 aliphatic heterocycles. The van der Waals surface area contributed by atoms with Gasteiger partial charge in [0, 0.05) is 36.2 Å². The van der Waals surface area contributed by atoms with Gasteiger partial charge in [0.15, 0.2) is 0 Å². The molecule has 154 valence electrons. The second-order valence-corrected chi connectivity index (χ2v) is 9.96. The number of carbonyl (C=O) groups excluding carboxylic acids is 1. The molecule has 0 aromatic heterocycles. The quantitative estimate of drug-likeness (QED) is 0.714. The molecule has 1 fully saturated rings. The van der Waals surface area contributed by atoms with Crippen LogP contribution in [0.25, 0.3) is 0 Å². The van der Waals surface area contributed by atoms with Crippen molar-refractivity contribution in [1.29, 1.82) is 0 Å². The number of hydrogen-bond acceptors (Lipinski definition) is 4. The molecular weight excluding hydrogens is 435 g/mol. The van der Waals surface area contributed by atoms with Gasteiger partial charge in [-0.25, -0.2) is 8.42 Å². The molecule has 29 heavy (non-hydrogen) atoms. The molecule has 6 nitrogen and oxygen atoms in total. The predicted octanol–water partition coefficient (Wildman–Crippen LogP) is 3.08. The fourth-order valence-corrected chi connectivity index (χ4v) is 5.62. The number of nitrogens with zero attached hydrogens (tertiary/aromatic N) is 2. The Morgan fingerprint density at radius 3 is 2.45 bits per heavy atom. The van der Waals surface area contributed by atoms with Crippen molar-refractivity contribution in [1.82, 2.24) is 9.21 Å². The third-order valence-electron chi connectivity index (χ3n) is 5.26. The van der Waals surface area contributed by atoms with Crippen LogP contribution in [-0.4, -0.2) is 56.3 Å². The van der Waals surface area contributed by atoms with Crippen LogP contribution in [0.4, 0.5) is 0 Å². The molecule has 0 unspecified atom stereocenters. The SMILES string of the molecule is O=C([C@@H]1COc2ccc(Cl)cc2C1)N1CCN(S(=O)(=O)c2cccc(Cl)c2)CC1. The van der Waals surface area contributed by atoms with Gasteiger partial charge in [-0.3, -0.25) is 4.79 Å². The van der Waals surface area contributed by atoms with E-state index in [9.17, 15) is 13.2 Å². The Balaban J connectivity index is 1.40. The molecule has 2 heterocycles. The minimum absolute atomic E-state index is 0.0181. The highest BCUT2D eigenvalue weighted by molar-refractivity contribution is 7.89. The number of fused-ring (bicyclic) bond motifs is 1. The van der Waals surface area contributed by atoms with Crippen molar-refractivity contribution in [3.8, 4) is 5.75 Å². The van der Waals surface area contributed by atoms with Gasteiger partial charge in [-0.05, 0) is 48.4 Å². The van der Waals surface area contributed by atoms with E-state index in [1.54, 1.807) is 23.1 Å². The van der Waals surface area contributed by atoms with Gasteiger partial charge in [-0.2, -0.15) is 4.31 Å². The maximum Gasteiger partial charge on any atom is 0.243 e. The first-order chi connectivity index (χ1) is 13.8. The number of hydrogen-bond donors (Lipinski definition) is 0. The number of halogens is 2. The third-order valence-corrected chi connectivity index (χ3v) is 7.63. The van der Waals surface area contributed by atoms with Crippen LogP contribution in [0.5, 0.6) is 5.75 Å². The second kappa shape index (κ2) is 8.14. The summed E-state index contributed by atoms with van der Waals surface area (Å²) < 4.78 is 32.8. The summed E-state index contributed by atoms with van der Waals surface area (Å²) in [7, 11) is -3.63. The molecule has 0 radical (unpaired) electrons. The van der Waals surface area contributed by atoms with Crippen LogP contribution in [0.3, 0.4) is 0 Å². The molecule has 2 aromatic carbocycles. The monoisotopic (exact) mass is 454 g/mol. The van der Waals surface area contributed by atoms with Crippen molar-refractivity contribution in [2.45, 2.75) is 11.3 Å². The maximum absolute atomic E-state index is 12.9. The first-order valence-corrected chi connectivity index (χ1v) is 11.5. The van der Waals surface area contributed by atoms with Gasteiger partial charge in [0.1, 0.15) is 12.4 Å². The fourth-order valence-electron chi connectivity index (χ4n) is 3.71. The first-order valence-electron chi connectivity index (χ1n) is 9.30. The fraction of sp³-hybridized carbons (Fsp3) is 0.350. The number of benzene rings is 2. The molecule has 2 aromatic rings. The zero-order valence-electron chi connectivity index (χ0n) is 15.6. The summed E-state index contributed by atoms with van der Waals surface area (Å²) in [5.41, 5.74) is 0.921. The smallest absolute Gasteiger partial charge is 0.243 e. The van der Waals surface area contributed by atoms with Crippen molar-refractivity contribution in [2.75, 3.05) is 32.8 Å². The lowest BCUT2D eigenvalue weighted by atomic mass is 9.95. The van der Waals surface area contributed by atoms with Crippen LogP contribution >= 0.6 is 23.2 Å². The van der Waals surface area contributed by atoms with Gasteiger partial charge in [0.2, 0.25) is 15.9 Å². The lowest BCUT2D eigenvalue weighted by Crippen LogP contribution is -2.52. The van der Waals surface area contributed by atoms with Crippen LogP contribution in [-0.2, 0) is 21.2 Å². The summed E-state index contributed by atoms with van der Waals surface area (Å²) in [6.45, 7) is 1.50. The highest BCUT2D eigenvalue weighted by atomic mass is 35.5. The number of piperazine rings is 1. The Labute approximate surface area is 180 Å². The number of sulfonamides is 1. The molecule has 0 aliphatic carbocycles. The number of amides is 1. The van der Waals surface area contributed by atoms with E-state index in [4.69, 9.17) is 27.9 Å². The summed E-state index contributed by atoms with van der Waals surface area (Å²) in [5.74, 6) is 0.448. The molecule has 0 bridgehead atoms. The van der Waals surface area contributed by atoms with E-state index in [0.717, 1.165) is 11.3 Å². The third kappa shape index (κ3) is 4.23. The second-order valence-electron chi connectivity index (χ2n) is 7.15.